The standard InChI is InChI=1S/C11H11NO3/c1-14-9-3-4-10(15-2)11-8(9)5-7(6-13)12-11/h3-6,12H,1-2H3. The predicted molar refractivity (Wildman–Crippen MR) is 56.8 cm³/mol. The van der Waals surface area contributed by atoms with Crippen LogP contribution in [0.2, 0.25) is 0 Å². The zero-order chi connectivity index (χ0) is 10.8. The van der Waals surface area contributed by atoms with Gasteiger partial charge in [-0.1, -0.05) is 0 Å². The molecule has 0 saturated carbocycles. The number of H-pyrrole nitrogens is 1. The van der Waals surface area contributed by atoms with Gasteiger partial charge in [0.05, 0.1) is 25.4 Å². The van der Waals surface area contributed by atoms with Gasteiger partial charge in [0.15, 0.2) is 6.29 Å². The summed E-state index contributed by atoms with van der Waals surface area (Å²) >= 11 is 0. The Bertz CT molecular complexity index is 461. The summed E-state index contributed by atoms with van der Waals surface area (Å²) in [6.45, 7) is 0. The van der Waals surface area contributed by atoms with Crippen LogP contribution in [0, 0.1) is 0 Å². The van der Waals surface area contributed by atoms with Crippen molar-refractivity contribution in [3.63, 3.8) is 0 Å². The fourth-order valence-electron chi connectivity index (χ4n) is 1.60. The third kappa shape index (κ3) is 1.44. The van der Waals surface area contributed by atoms with Gasteiger partial charge < -0.3 is 14.5 Å². The van der Waals surface area contributed by atoms with Crippen molar-refractivity contribution in [1.82, 2.24) is 4.98 Å². The van der Waals surface area contributed by atoms with Gasteiger partial charge in [-0.05, 0) is 18.2 Å². The van der Waals surface area contributed by atoms with E-state index in [0.717, 1.165) is 22.9 Å². The molecule has 0 amide bonds. The molecule has 78 valence electrons. The van der Waals surface area contributed by atoms with Crippen LogP contribution in [0.3, 0.4) is 0 Å². The van der Waals surface area contributed by atoms with E-state index in [1.807, 2.05) is 6.07 Å². The molecular formula is C11H11NO3. The van der Waals surface area contributed by atoms with E-state index in [9.17, 15) is 4.79 Å². The van der Waals surface area contributed by atoms with Gasteiger partial charge in [0.2, 0.25) is 0 Å². The lowest BCUT2D eigenvalue weighted by atomic mass is 10.2. The molecule has 1 aromatic heterocycles. The minimum Gasteiger partial charge on any atom is -0.496 e. The zero-order valence-corrected chi connectivity index (χ0v) is 8.53. The minimum atomic E-state index is 0.507. The van der Waals surface area contributed by atoms with E-state index < -0.39 is 0 Å². The van der Waals surface area contributed by atoms with Crippen LogP contribution in [0.4, 0.5) is 0 Å². The Balaban J connectivity index is 2.77. The molecule has 0 unspecified atom stereocenters. The van der Waals surface area contributed by atoms with E-state index in [0.29, 0.717) is 11.4 Å². The van der Waals surface area contributed by atoms with Crippen LogP contribution in [-0.2, 0) is 0 Å². The first kappa shape index (κ1) is 9.58. The minimum absolute atomic E-state index is 0.507. The highest BCUT2D eigenvalue weighted by molar-refractivity contribution is 5.95. The molecule has 15 heavy (non-hydrogen) atoms. The van der Waals surface area contributed by atoms with Crippen LogP contribution in [-0.4, -0.2) is 25.5 Å². The van der Waals surface area contributed by atoms with E-state index in [1.165, 1.54) is 0 Å². The molecule has 1 N–H and O–H groups in total. The van der Waals surface area contributed by atoms with Crippen molar-refractivity contribution in [3.8, 4) is 11.5 Å². The average molecular weight is 205 g/mol. The monoisotopic (exact) mass is 205 g/mol. The largest absolute Gasteiger partial charge is 0.496 e. The smallest absolute Gasteiger partial charge is 0.166 e. The fraction of sp³-hybridized carbons (Fsp3) is 0.182. The summed E-state index contributed by atoms with van der Waals surface area (Å²) in [6.07, 6.45) is 0.763. The number of carbonyl (C=O) groups is 1. The lowest BCUT2D eigenvalue weighted by molar-refractivity contribution is 0.112. The summed E-state index contributed by atoms with van der Waals surface area (Å²) in [5.41, 5.74) is 1.28. The highest BCUT2D eigenvalue weighted by atomic mass is 16.5. The molecule has 4 nitrogen and oxygen atoms in total. The van der Waals surface area contributed by atoms with E-state index in [4.69, 9.17) is 9.47 Å². The number of methoxy groups -OCH3 is 2. The molecule has 2 rings (SSSR count). The van der Waals surface area contributed by atoms with Crippen LogP contribution >= 0.6 is 0 Å². The third-order valence-corrected chi connectivity index (χ3v) is 2.30. The van der Waals surface area contributed by atoms with Crippen LogP contribution in [0.25, 0.3) is 10.9 Å². The Kier molecular flexibility index (Phi) is 2.33. The van der Waals surface area contributed by atoms with Crippen LogP contribution in [0.15, 0.2) is 18.2 Å². The van der Waals surface area contributed by atoms with Crippen molar-refractivity contribution < 1.29 is 14.3 Å². The number of benzene rings is 1. The maximum Gasteiger partial charge on any atom is 0.166 e. The molecule has 0 aliphatic rings. The van der Waals surface area contributed by atoms with E-state index >= 15 is 0 Å². The lowest BCUT2D eigenvalue weighted by Gasteiger charge is -2.05. The van der Waals surface area contributed by atoms with E-state index in [2.05, 4.69) is 4.98 Å². The molecule has 0 aliphatic heterocycles. The van der Waals surface area contributed by atoms with Gasteiger partial charge in [0.25, 0.3) is 0 Å². The molecule has 0 fully saturated rings. The summed E-state index contributed by atoms with van der Waals surface area (Å²) < 4.78 is 10.4. The number of ether oxygens (including phenoxy) is 2. The van der Waals surface area contributed by atoms with Crippen molar-refractivity contribution in [2.45, 2.75) is 0 Å². The number of rotatable bonds is 3. The number of carbonyl (C=O) groups excluding carboxylic acids is 1. The van der Waals surface area contributed by atoms with Gasteiger partial charge in [-0.25, -0.2) is 0 Å². The molecule has 2 aromatic rings. The maximum atomic E-state index is 10.7. The number of aromatic nitrogens is 1. The van der Waals surface area contributed by atoms with Crippen molar-refractivity contribution in [2.24, 2.45) is 0 Å². The predicted octanol–water partition coefficient (Wildman–Crippen LogP) is 2.00. The quantitative estimate of drug-likeness (QED) is 0.779. The number of fused-ring (bicyclic) bond motifs is 1. The van der Waals surface area contributed by atoms with Gasteiger partial charge in [0.1, 0.15) is 11.5 Å². The summed E-state index contributed by atoms with van der Waals surface area (Å²) in [5, 5.41) is 0.846. The summed E-state index contributed by atoms with van der Waals surface area (Å²) in [6, 6.07) is 5.35. The van der Waals surface area contributed by atoms with Gasteiger partial charge in [-0.2, -0.15) is 0 Å². The molecule has 0 radical (unpaired) electrons. The highest BCUT2D eigenvalue weighted by Crippen LogP contribution is 2.32. The second kappa shape index (κ2) is 3.65. The average Bonchev–Trinajstić information content (AvgIpc) is 2.71. The number of hydrogen-bond donors (Lipinski definition) is 1. The molecule has 0 aliphatic carbocycles. The van der Waals surface area contributed by atoms with E-state index in [-0.39, 0.29) is 0 Å². The van der Waals surface area contributed by atoms with Crippen molar-refractivity contribution in [3.05, 3.63) is 23.9 Å². The van der Waals surface area contributed by atoms with Crippen molar-refractivity contribution in [2.75, 3.05) is 14.2 Å². The molecule has 1 aromatic carbocycles. The first-order chi connectivity index (χ1) is 7.30. The van der Waals surface area contributed by atoms with Crippen molar-refractivity contribution >= 4 is 17.2 Å². The molecule has 0 atom stereocenters. The SMILES string of the molecule is COc1ccc(OC)c2[nH]c(C=O)cc12. The Morgan fingerprint density at radius 3 is 2.47 bits per heavy atom. The van der Waals surface area contributed by atoms with Crippen molar-refractivity contribution in [1.29, 1.82) is 0 Å². The number of aldehydes is 1. The number of nitrogens with one attached hydrogen (secondary N) is 1. The number of aromatic amines is 1. The van der Waals surface area contributed by atoms with Gasteiger partial charge >= 0.3 is 0 Å². The second-order valence-electron chi connectivity index (χ2n) is 3.10. The van der Waals surface area contributed by atoms with Crippen LogP contribution < -0.4 is 9.47 Å². The maximum absolute atomic E-state index is 10.7. The Hall–Kier alpha value is -1.97. The molecule has 0 bridgehead atoms. The molecule has 0 saturated heterocycles. The molecule has 1 heterocycles. The number of hydrogen-bond acceptors (Lipinski definition) is 3. The Labute approximate surface area is 86.8 Å². The fourth-order valence-corrected chi connectivity index (χ4v) is 1.60. The van der Waals surface area contributed by atoms with Crippen LogP contribution in [0.1, 0.15) is 10.5 Å². The normalized spacial score (nSPS) is 10.3. The van der Waals surface area contributed by atoms with Gasteiger partial charge in [-0.3, -0.25) is 4.79 Å². The third-order valence-electron chi connectivity index (χ3n) is 2.30. The summed E-state index contributed by atoms with van der Waals surface area (Å²) in [7, 11) is 3.18. The van der Waals surface area contributed by atoms with Gasteiger partial charge in [0, 0.05) is 5.39 Å². The first-order valence-corrected chi connectivity index (χ1v) is 4.49. The van der Waals surface area contributed by atoms with Crippen LogP contribution in [0.5, 0.6) is 11.5 Å². The zero-order valence-electron chi connectivity index (χ0n) is 8.53. The Morgan fingerprint density at radius 1 is 1.20 bits per heavy atom. The highest BCUT2D eigenvalue weighted by Gasteiger charge is 2.10. The molecule has 0 spiro atoms. The van der Waals surface area contributed by atoms with E-state index in [1.54, 1.807) is 26.4 Å². The van der Waals surface area contributed by atoms with Gasteiger partial charge in [-0.15, -0.1) is 0 Å². The summed E-state index contributed by atoms with van der Waals surface area (Å²) in [4.78, 5) is 13.6. The molecular weight excluding hydrogens is 194 g/mol. The first-order valence-electron chi connectivity index (χ1n) is 4.49. The summed E-state index contributed by atoms with van der Waals surface area (Å²) in [5.74, 6) is 1.41. The topological polar surface area (TPSA) is 51.3 Å². The molecule has 4 heteroatoms. The lowest BCUT2D eigenvalue weighted by Crippen LogP contribution is -1.87. The Morgan fingerprint density at radius 2 is 1.87 bits per heavy atom. The second-order valence-corrected chi connectivity index (χ2v) is 3.10.